The van der Waals surface area contributed by atoms with Gasteiger partial charge in [-0.1, -0.05) is 13.3 Å². The van der Waals surface area contributed by atoms with Gasteiger partial charge in [-0.25, -0.2) is 4.98 Å². The number of anilines is 1. The van der Waals surface area contributed by atoms with Gasteiger partial charge in [-0.05, 0) is 19.3 Å². The van der Waals surface area contributed by atoms with E-state index >= 15 is 0 Å². The predicted molar refractivity (Wildman–Crippen MR) is 70.9 cm³/mol. The molecular formula is C12H20ClN3O. The predicted octanol–water partition coefficient (Wildman–Crippen LogP) is 3.09. The summed E-state index contributed by atoms with van der Waals surface area (Å²) in [5, 5.41) is 3.18. The van der Waals surface area contributed by atoms with Crippen molar-refractivity contribution in [2.75, 3.05) is 24.3 Å². The number of aromatic nitrogens is 2. The van der Waals surface area contributed by atoms with Gasteiger partial charge in [0.2, 0.25) is 11.8 Å². The van der Waals surface area contributed by atoms with Crippen LogP contribution in [0.3, 0.4) is 0 Å². The molecule has 1 aromatic heterocycles. The van der Waals surface area contributed by atoms with Crippen LogP contribution in [0.1, 0.15) is 32.6 Å². The van der Waals surface area contributed by atoms with E-state index in [1.165, 1.54) is 0 Å². The highest BCUT2D eigenvalue weighted by Crippen LogP contribution is 2.08. The maximum absolute atomic E-state index is 5.61. The molecule has 0 saturated heterocycles. The number of hydrogen-bond donors (Lipinski definition) is 1. The Balaban J connectivity index is 2.27. The van der Waals surface area contributed by atoms with E-state index in [-0.39, 0.29) is 0 Å². The smallest absolute Gasteiger partial charge is 0.225 e. The second-order valence-electron chi connectivity index (χ2n) is 3.74. The molecule has 1 N–H and O–H groups in total. The zero-order chi connectivity index (χ0) is 12.3. The summed E-state index contributed by atoms with van der Waals surface area (Å²) in [5.41, 5.74) is 0. The van der Waals surface area contributed by atoms with Gasteiger partial charge in [-0.15, -0.1) is 11.6 Å². The summed E-state index contributed by atoms with van der Waals surface area (Å²) in [6, 6.07) is 1.77. The lowest BCUT2D eigenvalue weighted by Gasteiger charge is -2.06. The third-order valence-electron chi connectivity index (χ3n) is 2.18. The number of ether oxygens (including phenoxy) is 1. The SMILES string of the molecule is CCCOc1ccnc(NCCCCCCl)n1. The van der Waals surface area contributed by atoms with E-state index in [1.54, 1.807) is 12.3 Å². The number of unbranched alkanes of at least 4 members (excludes halogenated alkanes) is 2. The zero-order valence-electron chi connectivity index (χ0n) is 10.3. The minimum absolute atomic E-state index is 0.629. The molecule has 4 nitrogen and oxygen atoms in total. The van der Waals surface area contributed by atoms with Gasteiger partial charge in [0.25, 0.3) is 0 Å². The summed E-state index contributed by atoms with van der Waals surface area (Å²) in [6.45, 7) is 3.62. The van der Waals surface area contributed by atoms with E-state index < -0.39 is 0 Å². The van der Waals surface area contributed by atoms with Crippen LogP contribution >= 0.6 is 11.6 Å². The maximum atomic E-state index is 5.61. The van der Waals surface area contributed by atoms with Gasteiger partial charge < -0.3 is 10.1 Å². The quantitative estimate of drug-likeness (QED) is 0.546. The molecule has 0 bridgehead atoms. The Bertz CT molecular complexity index is 310. The van der Waals surface area contributed by atoms with E-state index in [4.69, 9.17) is 16.3 Å². The third-order valence-corrected chi connectivity index (χ3v) is 2.44. The molecule has 1 aromatic rings. The van der Waals surface area contributed by atoms with Gasteiger partial charge in [0.1, 0.15) is 0 Å². The van der Waals surface area contributed by atoms with Crippen LogP contribution in [0.4, 0.5) is 5.95 Å². The maximum Gasteiger partial charge on any atom is 0.225 e. The fourth-order valence-corrected chi connectivity index (χ4v) is 1.50. The Morgan fingerprint density at radius 1 is 1.35 bits per heavy atom. The van der Waals surface area contributed by atoms with Crippen LogP contribution in [0.25, 0.3) is 0 Å². The Kier molecular flexibility index (Phi) is 7.47. The highest BCUT2D eigenvalue weighted by molar-refractivity contribution is 6.17. The van der Waals surface area contributed by atoms with E-state index in [2.05, 4.69) is 22.2 Å². The minimum Gasteiger partial charge on any atom is -0.478 e. The number of nitrogens with one attached hydrogen (secondary N) is 1. The molecular weight excluding hydrogens is 238 g/mol. The topological polar surface area (TPSA) is 47.0 Å². The monoisotopic (exact) mass is 257 g/mol. The molecule has 1 heterocycles. The molecule has 0 aliphatic heterocycles. The summed E-state index contributed by atoms with van der Waals surface area (Å²) >= 11 is 5.61. The van der Waals surface area contributed by atoms with Crippen molar-refractivity contribution < 1.29 is 4.74 Å². The highest BCUT2D eigenvalue weighted by Gasteiger charge is 1.99. The molecule has 0 aliphatic rings. The lowest BCUT2D eigenvalue weighted by molar-refractivity contribution is 0.305. The summed E-state index contributed by atoms with van der Waals surface area (Å²) in [6.07, 6.45) is 5.95. The summed E-state index contributed by atoms with van der Waals surface area (Å²) in [7, 11) is 0. The Morgan fingerprint density at radius 2 is 2.24 bits per heavy atom. The molecule has 0 atom stereocenters. The van der Waals surface area contributed by atoms with Crippen LogP contribution in [0.2, 0.25) is 0 Å². The van der Waals surface area contributed by atoms with E-state index in [9.17, 15) is 0 Å². The van der Waals surface area contributed by atoms with Gasteiger partial charge in [0, 0.05) is 24.7 Å². The van der Waals surface area contributed by atoms with Crippen LogP contribution < -0.4 is 10.1 Å². The fraction of sp³-hybridized carbons (Fsp3) is 0.667. The largest absolute Gasteiger partial charge is 0.478 e. The summed E-state index contributed by atoms with van der Waals surface area (Å²) < 4.78 is 5.43. The number of nitrogens with zero attached hydrogens (tertiary/aromatic N) is 2. The minimum atomic E-state index is 0.629. The molecule has 96 valence electrons. The van der Waals surface area contributed by atoms with Crippen molar-refractivity contribution in [3.8, 4) is 5.88 Å². The second-order valence-corrected chi connectivity index (χ2v) is 4.12. The lowest BCUT2D eigenvalue weighted by Crippen LogP contribution is -2.06. The Labute approximate surface area is 108 Å². The molecule has 0 aliphatic carbocycles. The van der Waals surface area contributed by atoms with Crippen molar-refractivity contribution in [3.63, 3.8) is 0 Å². The highest BCUT2D eigenvalue weighted by atomic mass is 35.5. The van der Waals surface area contributed by atoms with Crippen LogP contribution in [0, 0.1) is 0 Å². The number of alkyl halides is 1. The third kappa shape index (κ3) is 6.31. The molecule has 5 heteroatoms. The zero-order valence-corrected chi connectivity index (χ0v) is 11.0. The van der Waals surface area contributed by atoms with E-state index in [0.717, 1.165) is 38.1 Å². The first-order valence-electron chi connectivity index (χ1n) is 6.12. The number of rotatable bonds is 9. The first kappa shape index (κ1) is 14.0. The number of hydrogen-bond acceptors (Lipinski definition) is 4. The average Bonchev–Trinajstić information content (AvgIpc) is 2.37. The molecule has 0 saturated carbocycles. The first-order valence-corrected chi connectivity index (χ1v) is 6.66. The average molecular weight is 258 g/mol. The van der Waals surface area contributed by atoms with Gasteiger partial charge >= 0.3 is 0 Å². The molecule has 1 rings (SSSR count). The van der Waals surface area contributed by atoms with Crippen molar-refractivity contribution >= 4 is 17.5 Å². The Hall–Kier alpha value is -1.03. The van der Waals surface area contributed by atoms with Crippen molar-refractivity contribution in [2.45, 2.75) is 32.6 Å². The standard InChI is InChI=1S/C12H20ClN3O/c1-2-10-17-11-6-9-15-12(16-11)14-8-5-3-4-7-13/h6,9H,2-5,7-8,10H2,1H3,(H,14,15,16). The molecule has 17 heavy (non-hydrogen) atoms. The van der Waals surface area contributed by atoms with Gasteiger partial charge in [0.15, 0.2) is 0 Å². The molecule has 0 spiro atoms. The molecule has 0 fully saturated rings. The molecule has 0 amide bonds. The van der Waals surface area contributed by atoms with Crippen molar-refractivity contribution in [3.05, 3.63) is 12.3 Å². The van der Waals surface area contributed by atoms with Gasteiger partial charge in [-0.2, -0.15) is 4.98 Å². The molecule has 0 radical (unpaired) electrons. The van der Waals surface area contributed by atoms with E-state index in [1.807, 2.05) is 0 Å². The van der Waals surface area contributed by atoms with Gasteiger partial charge in [-0.3, -0.25) is 0 Å². The van der Waals surface area contributed by atoms with Crippen LogP contribution in [0.5, 0.6) is 5.88 Å². The summed E-state index contributed by atoms with van der Waals surface area (Å²) in [4.78, 5) is 8.39. The van der Waals surface area contributed by atoms with Crippen LogP contribution in [0.15, 0.2) is 12.3 Å². The lowest BCUT2D eigenvalue weighted by atomic mass is 10.2. The van der Waals surface area contributed by atoms with Crippen molar-refractivity contribution in [2.24, 2.45) is 0 Å². The number of halogens is 1. The van der Waals surface area contributed by atoms with Crippen molar-refractivity contribution in [1.82, 2.24) is 9.97 Å². The van der Waals surface area contributed by atoms with E-state index in [0.29, 0.717) is 18.4 Å². The first-order chi connectivity index (χ1) is 8.36. The molecule has 0 unspecified atom stereocenters. The van der Waals surface area contributed by atoms with Crippen molar-refractivity contribution in [1.29, 1.82) is 0 Å². The fourth-order valence-electron chi connectivity index (χ4n) is 1.31. The van der Waals surface area contributed by atoms with Gasteiger partial charge in [0.05, 0.1) is 6.61 Å². The van der Waals surface area contributed by atoms with Crippen LogP contribution in [-0.4, -0.2) is 29.0 Å². The second kappa shape index (κ2) is 9.05. The molecule has 0 aromatic carbocycles. The normalized spacial score (nSPS) is 10.2. The summed E-state index contributed by atoms with van der Waals surface area (Å²) in [5.74, 6) is 1.99. The van der Waals surface area contributed by atoms with Crippen LogP contribution in [-0.2, 0) is 0 Å². The Morgan fingerprint density at radius 3 is 3.00 bits per heavy atom.